The van der Waals surface area contributed by atoms with E-state index < -0.39 is 0 Å². The van der Waals surface area contributed by atoms with Crippen molar-refractivity contribution in [1.29, 1.82) is 0 Å². The predicted molar refractivity (Wildman–Crippen MR) is 57.1 cm³/mol. The van der Waals surface area contributed by atoms with Gasteiger partial charge in [-0.3, -0.25) is 0 Å². The second-order valence-electron chi connectivity index (χ2n) is 3.08. The van der Waals surface area contributed by atoms with Gasteiger partial charge in [0.25, 0.3) is 0 Å². The molecule has 0 aromatic carbocycles. The van der Waals surface area contributed by atoms with Gasteiger partial charge in [-0.25, -0.2) is 9.97 Å². The predicted octanol–water partition coefficient (Wildman–Crippen LogP) is 1.13. The van der Waals surface area contributed by atoms with E-state index in [0.717, 1.165) is 18.7 Å². The third-order valence-corrected chi connectivity index (χ3v) is 2.14. The van der Waals surface area contributed by atoms with Crippen LogP contribution < -0.4 is 11.1 Å². The molecule has 0 saturated heterocycles. The Kier molecular flexibility index (Phi) is 4.79. The molecular formula is C9H15ClN4. The van der Waals surface area contributed by atoms with Crippen LogP contribution in [0.15, 0.2) is 12.4 Å². The average Bonchev–Trinajstić information content (AvgIpc) is 2.18. The molecule has 0 fully saturated rings. The molecule has 0 bridgehead atoms. The van der Waals surface area contributed by atoms with E-state index in [1.54, 1.807) is 6.07 Å². The Morgan fingerprint density at radius 3 is 3.00 bits per heavy atom. The number of aromatic nitrogens is 2. The van der Waals surface area contributed by atoms with E-state index in [2.05, 4.69) is 15.3 Å². The van der Waals surface area contributed by atoms with Gasteiger partial charge < -0.3 is 11.1 Å². The van der Waals surface area contributed by atoms with Crippen molar-refractivity contribution in [2.75, 3.05) is 13.1 Å². The van der Waals surface area contributed by atoms with Crippen molar-refractivity contribution >= 4 is 11.6 Å². The van der Waals surface area contributed by atoms with Crippen LogP contribution in [0.3, 0.4) is 0 Å². The van der Waals surface area contributed by atoms with Gasteiger partial charge in [-0.1, -0.05) is 11.6 Å². The van der Waals surface area contributed by atoms with E-state index in [4.69, 9.17) is 17.3 Å². The summed E-state index contributed by atoms with van der Waals surface area (Å²) in [6, 6.07) is 1.95. The van der Waals surface area contributed by atoms with Crippen molar-refractivity contribution in [3.8, 4) is 0 Å². The molecule has 0 aliphatic carbocycles. The fraction of sp³-hybridized carbons (Fsp3) is 0.556. The normalized spacial score (nSPS) is 12.8. The van der Waals surface area contributed by atoms with Gasteiger partial charge in [0.05, 0.1) is 5.69 Å². The zero-order valence-corrected chi connectivity index (χ0v) is 8.96. The Hall–Kier alpha value is -0.710. The van der Waals surface area contributed by atoms with Crippen LogP contribution in [0.2, 0.25) is 5.15 Å². The van der Waals surface area contributed by atoms with E-state index in [0.29, 0.717) is 11.7 Å². The summed E-state index contributed by atoms with van der Waals surface area (Å²) in [6.07, 6.45) is 2.43. The van der Waals surface area contributed by atoms with Crippen LogP contribution in [-0.4, -0.2) is 23.1 Å². The molecule has 1 unspecified atom stereocenters. The lowest BCUT2D eigenvalue weighted by Gasteiger charge is -2.12. The number of hydrogen-bond acceptors (Lipinski definition) is 4. The lowest BCUT2D eigenvalue weighted by molar-refractivity contribution is 0.549. The van der Waals surface area contributed by atoms with Crippen molar-refractivity contribution < 1.29 is 0 Å². The van der Waals surface area contributed by atoms with Gasteiger partial charge in [0.2, 0.25) is 0 Å². The van der Waals surface area contributed by atoms with Gasteiger partial charge in [0.15, 0.2) is 0 Å². The van der Waals surface area contributed by atoms with Crippen molar-refractivity contribution in [3.63, 3.8) is 0 Å². The average molecular weight is 215 g/mol. The smallest absolute Gasteiger partial charge is 0.132 e. The second kappa shape index (κ2) is 5.90. The van der Waals surface area contributed by atoms with Crippen molar-refractivity contribution in [3.05, 3.63) is 23.2 Å². The molecule has 0 spiro atoms. The maximum atomic E-state index is 5.75. The summed E-state index contributed by atoms with van der Waals surface area (Å²) in [7, 11) is 0. The van der Waals surface area contributed by atoms with E-state index in [1.807, 2.05) is 6.92 Å². The van der Waals surface area contributed by atoms with E-state index in [1.165, 1.54) is 6.33 Å². The highest BCUT2D eigenvalue weighted by atomic mass is 35.5. The van der Waals surface area contributed by atoms with Crippen molar-refractivity contribution in [2.45, 2.75) is 19.4 Å². The maximum absolute atomic E-state index is 5.75. The monoisotopic (exact) mass is 214 g/mol. The molecule has 1 aromatic heterocycles. The van der Waals surface area contributed by atoms with E-state index in [9.17, 15) is 0 Å². The van der Waals surface area contributed by atoms with Gasteiger partial charge in [-0.2, -0.15) is 0 Å². The molecule has 14 heavy (non-hydrogen) atoms. The first-order chi connectivity index (χ1) is 6.74. The summed E-state index contributed by atoms with van der Waals surface area (Å²) in [5, 5.41) is 3.77. The molecule has 0 amide bonds. The number of nitrogens with two attached hydrogens (primary N) is 1. The molecule has 3 N–H and O–H groups in total. The minimum Gasteiger partial charge on any atom is -0.330 e. The number of hydrogen-bond donors (Lipinski definition) is 2. The fourth-order valence-electron chi connectivity index (χ4n) is 1.11. The van der Waals surface area contributed by atoms with Crippen LogP contribution in [0.1, 0.15) is 25.1 Å². The Morgan fingerprint density at radius 2 is 2.36 bits per heavy atom. The highest BCUT2D eigenvalue weighted by Crippen LogP contribution is 2.11. The summed E-state index contributed by atoms with van der Waals surface area (Å²) in [4.78, 5) is 7.95. The maximum Gasteiger partial charge on any atom is 0.132 e. The first-order valence-electron chi connectivity index (χ1n) is 4.65. The number of halogens is 1. The molecule has 1 atom stereocenters. The van der Waals surface area contributed by atoms with Crippen LogP contribution in [0.25, 0.3) is 0 Å². The van der Waals surface area contributed by atoms with Gasteiger partial charge in [-0.05, 0) is 32.5 Å². The Labute approximate surface area is 88.9 Å². The van der Waals surface area contributed by atoms with Crippen LogP contribution in [0, 0.1) is 0 Å². The summed E-state index contributed by atoms with van der Waals surface area (Å²) < 4.78 is 0. The summed E-state index contributed by atoms with van der Waals surface area (Å²) in [5.74, 6) is 0. The zero-order chi connectivity index (χ0) is 10.4. The first-order valence-corrected chi connectivity index (χ1v) is 5.02. The molecule has 1 aromatic rings. The van der Waals surface area contributed by atoms with Gasteiger partial charge in [-0.15, -0.1) is 0 Å². The minimum atomic E-state index is 0.182. The molecule has 1 rings (SSSR count). The third kappa shape index (κ3) is 3.57. The zero-order valence-electron chi connectivity index (χ0n) is 8.20. The quantitative estimate of drug-likeness (QED) is 0.570. The molecule has 5 heteroatoms. The van der Waals surface area contributed by atoms with Crippen LogP contribution in [0.5, 0.6) is 0 Å². The second-order valence-corrected chi connectivity index (χ2v) is 3.47. The molecule has 4 nitrogen and oxygen atoms in total. The molecular weight excluding hydrogens is 200 g/mol. The highest BCUT2D eigenvalue weighted by molar-refractivity contribution is 6.29. The summed E-state index contributed by atoms with van der Waals surface area (Å²) in [6.45, 7) is 3.62. The third-order valence-electron chi connectivity index (χ3n) is 1.93. The number of rotatable bonds is 5. The lowest BCUT2D eigenvalue weighted by Crippen LogP contribution is -2.22. The molecule has 1 heterocycles. The van der Waals surface area contributed by atoms with Gasteiger partial charge in [0, 0.05) is 6.04 Å². The van der Waals surface area contributed by atoms with Gasteiger partial charge >= 0.3 is 0 Å². The molecule has 0 saturated carbocycles. The Balaban J connectivity index is 2.47. The van der Waals surface area contributed by atoms with Crippen LogP contribution in [0.4, 0.5) is 0 Å². The first kappa shape index (κ1) is 11.4. The fourth-order valence-corrected chi connectivity index (χ4v) is 1.26. The molecule has 0 radical (unpaired) electrons. The minimum absolute atomic E-state index is 0.182. The highest BCUT2D eigenvalue weighted by Gasteiger charge is 2.05. The lowest BCUT2D eigenvalue weighted by atomic mass is 10.2. The standard InChI is InChI=1S/C9H15ClN4/c1-7(12-4-2-3-11)8-5-9(10)14-6-13-8/h5-7,12H,2-4,11H2,1H3. The van der Waals surface area contributed by atoms with E-state index in [-0.39, 0.29) is 6.04 Å². The van der Waals surface area contributed by atoms with E-state index >= 15 is 0 Å². The Morgan fingerprint density at radius 1 is 1.57 bits per heavy atom. The summed E-state index contributed by atoms with van der Waals surface area (Å²) in [5.41, 5.74) is 6.30. The summed E-state index contributed by atoms with van der Waals surface area (Å²) >= 11 is 5.75. The van der Waals surface area contributed by atoms with Gasteiger partial charge in [0.1, 0.15) is 11.5 Å². The van der Waals surface area contributed by atoms with Crippen LogP contribution >= 0.6 is 11.6 Å². The molecule has 0 aliphatic rings. The topological polar surface area (TPSA) is 63.8 Å². The number of nitrogens with zero attached hydrogens (tertiary/aromatic N) is 2. The van der Waals surface area contributed by atoms with Crippen molar-refractivity contribution in [1.82, 2.24) is 15.3 Å². The largest absolute Gasteiger partial charge is 0.330 e. The van der Waals surface area contributed by atoms with Crippen LogP contribution in [-0.2, 0) is 0 Å². The molecule has 78 valence electrons. The van der Waals surface area contributed by atoms with Crippen molar-refractivity contribution in [2.24, 2.45) is 5.73 Å². The Bertz CT molecular complexity index is 279. The number of nitrogens with one attached hydrogen (secondary N) is 1. The SMILES string of the molecule is CC(NCCCN)c1cc(Cl)ncn1. The molecule has 0 aliphatic heterocycles.